The first-order valence-corrected chi connectivity index (χ1v) is 10.3. The SMILES string of the molecule is COC1CC(OCC2OC3OC(C)(C)OC3C3OC(C)(C)OC23)OC(C)C1OC. The van der Waals surface area contributed by atoms with Crippen LogP contribution in [-0.2, 0) is 42.6 Å². The number of rotatable bonds is 5. The second-order valence-corrected chi connectivity index (χ2v) is 9.02. The van der Waals surface area contributed by atoms with Gasteiger partial charge in [-0.2, -0.15) is 0 Å². The molecule has 0 N–H and O–H groups in total. The van der Waals surface area contributed by atoms with Crippen LogP contribution in [0.5, 0.6) is 0 Å². The molecule has 4 aliphatic rings. The fourth-order valence-corrected chi connectivity index (χ4v) is 4.71. The number of ether oxygens (including phenoxy) is 9. The van der Waals surface area contributed by atoms with E-state index in [1.807, 2.05) is 34.6 Å². The molecule has 0 amide bonds. The van der Waals surface area contributed by atoms with Crippen molar-refractivity contribution in [2.24, 2.45) is 0 Å². The van der Waals surface area contributed by atoms with E-state index >= 15 is 0 Å². The fourth-order valence-electron chi connectivity index (χ4n) is 4.71. The molecule has 4 heterocycles. The van der Waals surface area contributed by atoms with Gasteiger partial charge in [-0.1, -0.05) is 0 Å². The van der Waals surface area contributed by atoms with E-state index in [-0.39, 0.29) is 49.3 Å². The van der Waals surface area contributed by atoms with Crippen molar-refractivity contribution < 1.29 is 42.6 Å². The summed E-state index contributed by atoms with van der Waals surface area (Å²) in [6.07, 6.45) is -2.11. The van der Waals surface area contributed by atoms with Crippen molar-refractivity contribution in [3.8, 4) is 0 Å². The quantitative estimate of drug-likeness (QED) is 0.660. The van der Waals surface area contributed by atoms with E-state index in [1.165, 1.54) is 0 Å². The van der Waals surface area contributed by atoms with Crippen LogP contribution in [0.15, 0.2) is 0 Å². The lowest BCUT2D eigenvalue weighted by atomic mass is 9.99. The van der Waals surface area contributed by atoms with Crippen molar-refractivity contribution in [3.05, 3.63) is 0 Å². The number of hydrogen-bond donors (Lipinski definition) is 0. The van der Waals surface area contributed by atoms with Crippen molar-refractivity contribution in [3.63, 3.8) is 0 Å². The number of methoxy groups -OCH3 is 2. The summed E-state index contributed by atoms with van der Waals surface area (Å²) in [6.45, 7) is 9.74. The topological polar surface area (TPSA) is 83.1 Å². The molecule has 4 fully saturated rings. The van der Waals surface area contributed by atoms with Crippen molar-refractivity contribution in [1.29, 1.82) is 0 Å². The third-order valence-corrected chi connectivity index (χ3v) is 5.89. The molecule has 4 aliphatic heterocycles. The van der Waals surface area contributed by atoms with Crippen LogP contribution in [-0.4, -0.2) is 87.7 Å². The molecule has 0 aromatic rings. The second-order valence-electron chi connectivity index (χ2n) is 9.02. The third kappa shape index (κ3) is 4.35. The molecule has 0 aliphatic carbocycles. The molecule has 0 aromatic carbocycles. The van der Waals surface area contributed by atoms with Crippen LogP contribution >= 0.6 is 0 Å². The lowest BCUT2D eigenvalue weighted by Crippen LogP contribution is -2.57. The zero-order chi connectivity index (χ0) is 21.0. The standard InChI is InChI=1S/C20H34O9/c1-10-14(22-7)11(21-6)8-13(24-10)23-9-12-15-16(27-19(2,3)26-15)17-18(25-12)29-20(4,5)28-17/h10-18H,8-9H2,1-7H3. The van der Waals surface area contributed by atoms with Crippen LogP contribution in [0.4, 0.5) is 0 Å². The maximum atomic E-state index is 6.18. The van der Waals surface area contributed by atoms with Gasteiger partial charge in [0.15, 0.2) is 24.2 Å². The summed E-state index contributed by atoms with van der Waals surface area (Å²) in [5.41, 5.74) is 0. The molecule has 9 atom stereocenters. The van der Waals surface area contributed by atoms with Crippen molar-refractivity contribution >= 4 is 0 Å². The van der Waals surface area contributed by atoms with Gasteiger partial charge in [-0.05, 0) is 34.6 Å². The summed E-state index contributed by atoms with van der Waals surface area (Å²) in [4.78, 5) is 0. The largest absolute Gasteiger partial charge is 0.378 e. The summed E-state index contributed by atoms with van der Waals surface area (Å²) in [6, 6.07) is 0. The Labute approximate surface area is 172 Å². The van der Waals surface area contributed by atoms with E-state index in [0.29, 0.717) is 6.42 Å². The summed E-state index contributed by atoms with van der Waals surface area (Å²) in [7, 11) is 3.33. The first-order valence-electron chi connectivity index (χ1n) is 10.3. The molecule has 9 unspecified atom stereocenters. The van der Waals surface area contributed by atoms with Gasteiger partial charge in [-0.3, -0.25) is 0 Å². The van der Waals surface area contributed by atoms with Crippen molar-refractivity contribution in [1.82, 2.24) is 0 Å². The first kappa shape index (κ1) is 21.9. The summed E-state index contributed by atoms with van der Waals surface area (Å²) < 4.78 is 53.5. The smallest absolute Gasteiger partial charge is 0.190 e. The molecule has 9 nitrogen and oxygen atoms in total. The van der Waals surface area contributed by atoms with Gasteiger partial charge in [0.1, 0.15) is 30.5 Å². The van der Waals surface area contributed by atoms with Gasteiger partial charge in [0.25, 0.3) is 0 Å². The van der Waals surface area contributed by atoms with Gasteiger partial charge < -0.3 is 42.6 Å². The molecule has 9 heteroatoms. The Bertz CT molecular complexity index is 582. The normalized spacial score (nSPS) is 48.3. The predicted octanol–water partition coefficient (Wildman–Crippen LogP) is 1.56. The zero-order valence-electron chi connectivity index (χ0n) is 18.3. The van der Waals surface area contributed by atoms with E-state index in [0.717, 1.165) is 0 Å². The van der Waals surface area contributed by atoms with Crippen LogP contribution in [0, 0.1) is 0 Å². The van der Waals surface area contributed by atoms with Gasteiger partial charge >= 0.3 is 0 Å². The van der Waals surface area contributed by atoms with E-state index in [1.54, 1.807) is 14.2 Å². The Morgan fingerprint density at radius 2 is 1.48 bits per heavy atom. The molecular formula is C20H34O9. The van der Waals surface area contributed by atoms with E-state index in [2.05, 4.69) is 0 Å². The Kier molecular flexibility index (Phi) is 6.00. The minimum absolute atomic E-state index is 0.101. The lowest BCUT2D eigenvalue weighted by Gasteiger charge is -2.40. The molecule has 0 spiro atoms. The summed E-state index contributed by atoms with van der Waals surface area (Å²) in [5.74, 6) is -1.47. The predicted molar refractivity (Wildman–Crippen MR) is 99.0 cm³/mol. The second kappa shape index (κ2) is 7.96. The Hall–Kier alpha value is -0.360. The van der Waals surface area contributed by atoms with Crippen molar-refractivity contribution in [2.75, 3.05) is 20.8 Å². The Morgan fingerprint density at radius 3 is 2.17 bits per heavy atom. The van der Waals surface area contributed by atoms with Crippen LogP contribution in [0.3, 0.4) is 0 Å². The van der Waals surface area contributed by atoms with Crippen LogP contribution < -0.4 is 0 Å². The van der Waals surface area contributed by atoms with Crippen LogP contribution in [0.2, 0.25) is 0 Å². The van der Waals surface area contributed by atoms with Crippen LogP contribution in [0.25, 0.3) is 0 Å². The van der Waals surface area contributed by atoms with E-state index < -0.39 is 24.2 Å². The molecule has 168 valence electrons. The zero-order valence-corrected chi connectivity index (χ0v) is 18.3. The highest BCUT2D eigenvalue weighted by Crippen LogP contribution is 2.44. The van der Waals surface area contributed by atoms with Gasteiger partial charge in [0.2, 0.25) is 0 Å². The average Bonchev–Trinajstić information content (AvgIpc) is 3.13. The van der Waals surface area contributed by atoms with Crippen LogP contribution in [0.1, 0.15) is 41.0 Å². The molecule has 0 saturated carbocycles. The Morgan fingerprint density at radius 1 is 0.828 bits per heavy atom. The molecule has 0 aromatic heterocycles. The number of hydrogen-bond acceptors (Lipinski definition) is 9. The number of fused-ring (bicyclic) bond motifs is 3. The average molecular weight is 418 g/mol. The summed E-state index contributed by atoms with van der Waals surface area (Å²) >= 11 is 0. The van der Waals surface area contributed by atoms with E-state index in [4.69, 9.17) is 42.6 Å². The van der Waals surface area contributed by atoms with E-state index in [9.17, 15) is 0 Å². The highest BCUT2D eigenvalue weighted by molar-refractivity contribution is 5.00. The van der Waals surface area contributed by atoms with Gasteiger partial charge in [0.05, 0.1) is 18.8 Å². The van der Waals surface area contributed by atoms with Crippen molar-refractivity contribution in [2.45, 2.75) is 108 Å². The highest BCUT2D eigenvalue weighted by Gasteiger charge is 2.60. The fraction of sp³-hybridized carbons (Fsp3) is 1.00. The molecule has 4 rings (SSSR count). The molecular weight excluding hydrogens is 384 g/mol. The molecule has 0 bridgehead atoms. The third-order valence-electron chi connectivity index (χ3n) is 5.89. The molecule has 29 heavy (non-hydrogen) atoms. The maximum absolute atomic E-state index is 6.18. The molecule has 0 radical (unpaired) electrons. The highest BCUT2D eigenvalue weighted by atomic mass is 16.9. The monoisotopic (exact) mass is 418 g/mol. The van der Waals surface area contributed by atoms with Gasteiger partial charge in [-0.25, -0.2) is 0 Å². The maximum Gasteiger partial charge on any atom is 0.190 e. The first-order chi connectivity index (χ1) is 13.6. The van der Waals surface area contributed by atoms with Gasteiger partial charge in [0, 0.05) is 20.6 Å². The lowest BCUT2D eigenvalue weighted by molar-refractivity contribution is -0.283. The summed E-state index contributed by atoms with van der Waals surface area (Å²) in [5, 5.41) is 0. The Balaban J connectivity index is 1.42. The minimum atomic E-state index is -0.742. The minimum Gasteiger partial charge on any atom is -0.378 e. The molecule has 4 saturated heterocycles. The van der Waals surface area contributed by atoms with Gasteiger partial charge in [-0.15, -0.1) is 0 Å².